The van der Waals surface area contributed by atoms with Crippen LogP contribution in [0.25, 0.3) is 10.9 Å². The maximum atomic E-state index is 12.8. The topological polar surface area (TPSA) is 52.0 Å². The number of rotatable bonds is 5. The van der Waals surface area contributed by atoms with E-state index in [-0.39, 0.29) is 16.6 Å². The van der Waals surface area contributed by atoms with Gasteiger partial charge in [-0.2, -0.15) is 0 Å². The van der Waals surface area contributed by atoms with Gasteiger partial charge in [-0.25, -0.2) is 4.98 Å². The molecule has 1 aromatic heterocycles. The highest BCUT2D eigenvalue weighted by atomic mass is 35.5. The van der Waals surface area contributed by atoms with Crippen LogP contribution in [0.5, 0.6) is 0 Å². The molecule has 2 aromatic rings. The Labute approximate surface area is 138 Å². The van der Waals surface area contributed by atoms with Gasteiger partial charge in [-0.05, 0) is 38.0 Å². The van der Waals surface area contributed by atoms with Crippen LogP contribution in [0.15, 0.2) is 28.2 Å². The number of ketones is 1. The van der Waals surface area contributed by atoms with Crippen molar-refractivity contribution in [2.24, 2.45) is 5.92 Å². The summed E-state index contributed by atoms with van der Waals surface area (Å²) in [5, 5.41) is 1.36. The summed E-state index contributed by atoms with van der Waals surface area (Å²) >= 11 is 7.31. The van der Waals surface area contributed by atoms with Gasteiger partial charge in [0.25, 0.3) is 5.56 Å². The number of hydrogen-bond donors (Lipinski definition) is 0. The van der Waals surface area contributed by atoms with Crippen molar-refractivity contribution in [3.05, 3.63) is 33.6 Å². The number of aromatic nitrogens is 2. The molecular weight excluding hydrogens is 320 g/mol. The highest BCUT2D eigenvalue weighted by Crippen LogP contribution is 2.24. The largest absolute Gasteiger partial charge is 0.299 e. The number of fused-ring (bicyclic) bond motifs is 1. The summed E-state index contributed by atoms with van der Waals surface area (Å²) in [6.45, 7) is 8.00. The smallest absolute Gasteiger partial charge is 0.262 e. The van der Waals surface area contributed by atoms with Crippen molar-refractivity contribution in [1.29, 1.82) is 0 Å². The highest BCUT2D eigenvalue weighted by Gasteiger charge is 2.17. The second-order valence-electron chi connectivity index (χ2n) is 5.74. The van der Waals surface area contributed by atoms with Crippen molar-refractivity contribution >= 4 is 40.0 Å². The van der Waals surface area contributed by atoms with E-state index in [1.807, 2.05) is 20.8 Å². The van der Waals surface area contributed by atoms with E-state index < -0.39 is 0 Å². The Hall–Kier alpha value is -1.33. The zero-order valence-electron chi connectivity index (χ0n) is 13.1. The molecule has 22 heavy (non-hydrogen) atoms. The van der Waals surface area contributed by atoms with Crippen LogP contribution in [-0.2, 0) is 11.3 Å². The van der Waals surface area contributed by atoms with Gasteiger partial charge < -0.3 is 0 Å². The molecule has 4 nitrogen and oxygen atoms in total. The molecule has 1 heterocycles. The molecule has 1 unspecified atom stereocenters. The molecule has 0 aliphatic heterocycles. The number of Topliss-reactive ketones (excluding diaryl/α,β-unsaturated/α-hetero) is 1. The Bertz CT molecular complexity index is 771. The molecule has 6 heteroatoms. The van der Waals surface area contributed by atoms with Crippen LogP contribution in [0.3, 0.4) is 0 Å². The van der Waals surface area contributed by atoms with Crippen molar-refractivity contribution in [3.63, 3.8) is 0 Å². The zero-order valence-corrected chi connectivity index (χ0v) is 14.7. The third-order valence-corrected chi connectivity index (χ3v) is 4.73. The molecule has 0 aliphatic rings. The molecule has 0 amide bonds. The number of hydrogen-bond acceptors (Lipinski definition) is 4. The Morgan fingerprint density at radius 2 is 2.05 bits per heavy atom. The number of benzene rings is 1. The van der Waals surface area contributed by atoms with E-state index in [1.165, 1.54) is 11.8 Å². The summed E-state index contributed by atoms with van der Waals surface area (Å²) in [5.41, 5.74) is 0.493. The van der Waals surface area contributed by atoms with Crippen LogP contribution >= 0.6 is 23.4 Å². The van der Waals surface area contributed by atoms with E-state index >= 15 is 0 Å². The third-order valence-electron chi connectivity index (χ3n) is 3.28. The van der Waals surface area contributed by atoms with Crippen LogP contribution in [0, 0.1) is 5.92 Å². The van der Waals surface area contributed by atoms with Gasteiger partial charge in [0.05, 0.1) is 16.2 Å². The van der Waals surface area contributed by atoms with E-state index in [2.05, 4.69) is 4.98 Å². The van der Waals surface area contributed by atoms with Crippen molar-refractivity contribution in [1.82, 2.24) is 9.55 Å². The molecule has 1 atom stereocenters. The zero-order chi connectivity index (χ0) is 16.4. The first-order valence-electron chi connectivity index (χ1n) is 7.16. The van der Waals surface area contributed by atoms with E-state index in [9.17, 15) is 9.59 Å². The maximum absolute atomic E-state index is 12.8. The molecule has 0 N–H and O–H groups in total. The van der Waals surface area contributed by atoms with Gasteiger partial charge >= 0.3 is 0 Å². The Balaban J connectivity index is 2.64. The Morgan fingerprint density at radius 3 is 2.64 bits per heavy atom. The van der Waals surface area contributed by atoms with Gasteiger partial charge in [-0.1, -0.05) is 37.2 Å². The van der Waals surface area contributed by atoms with Gasteiger partial charge in [0.2, 0.25) is 0 Å². The highest BCUT2D eigenvalue weighted by molar-refractivity contribution is 8.00. The maximum Gasteiger partial charge on any atom is 0.262 e. The average Bonchev–Trinajstić information content (AvgIpc) is 2.43. The van der Waals surface area contributed by atoms with Crippen molar-refractivity contribution in [2.75, 3.05) is 0 Å². The van der Waals surface area contributed by atoms with Gasteiger partial charge in [-0.15, -0.1) is 0 Å². The molecule has 0 radical (unpaired) electrons. The molecule has 0 aliphatic carbocycles. The van der Waals surface area contributed by atoms with Gasteiger partial charge in [0, 0.05) is 11.6 Å². The average molecular weight is 339 g/mol. The number of nitrogens with zero attached hydrogens (tertiary/aromatic N) is 2. The summed E-state index contributed by atoms with van der Waals surface area (Å²) in [7, 11) is 0. The standard InChI is InChI=1S/C16H19ClN2O2S/c1-9(2)8-19-15(21)13-7-12(17)5-6-14(13)18-16(19)22-11(4)10(3)20/h5-7,9,11H,8H2,1-4H3. The fourth-order valence-electron chi connectivity index (χ4n) is 2.03. The lowest BCUT2D eigenvalue weighted by Crippen LogP contribution is -2.26. The summed E-state index contributed by atoms with van der Waals surface area (Å²) in [6.07, 6.45) is 0. The van der Waals surface area contributed by atoms with Crippen molar-refractivity contribution in [3.8, 4) is 0 Å². The van der Waals surface area contributed by atoms with Crippen LogP contribution in [-0.4, -0.2) is 20.6 Å². The molecule has 0 saturated heterocycles. The van der Waals surface area contributed by atoms with E-state index in [0.29, 0.717) is 33.5 Å². The summed E-state index contributed by atoms with van der Waals surface area (Å²) in [6, 6.07) is 5.10. The van der Waals surface area contributed by atoms with E-state index in [0.717, 1.165) is 0 Å². The second-order valence-corrected chi connectivity index (χ2v) is 7.48. The first kappa shape index (κ1) is 17.0. The van der Waals surface area contributed by atoms with Crippen LogP contribution in [0.2, 0.25) is 5.02 Å². The molecule has 1 aromatic carbocycles. The monoisotopic (exact) mass is 338 g/mol. The minimum Gasteiger partial charge on any atom is -0.299 e. The van der Waals surface area contributed by atoms with Crippen LogP contribution in [0.1, 0.15) is 27.7 Å². The molecular formula is C16H19ClN2O2S. The summed E-state index contributed by atoms with van der Waals surface area (Å²) in [4.78, 5) is 28.8. The number of carbonyl (C=O) groups excluding carboxylic acids is 1. The number of thioether (sulfide) groups is 1. The van der Waals surface area contributed by atoms with E-state index in [4.69, 9.17) is 11.6 Å². The number of carbonyl (C=O) groups is 1. The minimum atomic E-state index is -0.241. The normalized spacial score (nSPS) is 12.8. The Kier molecular flexibility index (Phi) is 5.29. The van der Waals surface area contributed by atoms with Gasteiger partial charge in [-0.3, -0.25) is 14.2 Å². The molecule has 2 rings (SSSR count). The predicted molar refractivity (Wildman–Crippen MR) is 91.9 cm³/mol. The molecule has 0 saturated carbocycles. The lowest BCUT2D eigenvalue weighted by molar-refractivity contribution is -0.116. The second kappa shape index (κ2) is 6.84. The fourth-order valence-corrected chi connectivity index (χ4v) is 3.12. The van der Waals surface area contributed by atoms with Crippen LogP contribution in [0.4, 0.5) is 0 Å². The summed E-state index contributed by atoms with van der Waals surface area (Å²) < 4.78 is 1.65. The van der Waals surface area contributed by atoms with Crippen molar-refractivity contribution in [2.45, 2.75) is 44.6 Å². The van der Waals surface area contributed by atoms with Crippen molar-refractivity contribution < 1.29 is 4.79 Å². The molecule has 0 fully saturated rings. The van der Waals surface area contributed by atoms with Gasteiger partial charge in [0.15, 0.2) is 5.16 Å². The summed E-state index contributed by atoms with van der Waals surface area (Å²) in [5.74, 6) is 0.356. The molecule has 118 valence electrons. The van der Waals surface area contributed by atoms with Gasteiger partial charge in [0.1, 0.15) is 5.78 Å². The fraction of sp³-hybridized carbons (Fsp3) is 0.438. The quantitative estimate of drug-likeness (QED) is 0.615. The molecule has 0 spiro atoms. The predicted octanol–water partition coefficient (Wildman–Crippen LogP) is 3.78. The SMILES string of the molecule is CC(=O)C(C)Sc1nc2ccc(Cl)cc2c(=O)n1CC(C)C. The third kappa shape index (κ3) is 3.70. The Morgan fingerprint density at radius 1 is 1.36 bits per heavy atom. The number of halogens is 1. The first-order chi connectivity index (χ1) is 10.3. The van der Waals surface area contributed by atoms with E-state index in [1.54, 1.807) is 29.7 Å². The lowest BCUT2D eigenvalue weighted by atomic mass is 10.2. The van der Waals surface area contributed by atoms with Crippen LogP contribution < -0.4 is 5.56 Å². The lowest BCUT2D eigenvalue weighted by Gasteiger charge is -2.16. The first-order valence-corrected chi connectivity index (χ1v) is 8.42. The molecule has 0 bridgehead atoms. The minimum absolute atomic E-state index is 0.0616.